The summed E-state index contributed by atoms with van der Waals surface area (Å²) in [7, 11) is 1.27. The summed E-state index contributed by atoms with van der Waals surface area (Å²) in [4.78, 5) is 37.2. The van der Waals surface area contributed by atoms with Gasteiger partial charge in [0.25, 0.3) is 5.70 Å². The average Bonchev–Trinajstić information content (AvgIpc) is 2.58. The Bertz CT molecular complexity index is 829. The van der Waals surface area contributed by atoms with Gasteiger partial charge >= 0.3 is 12.1 Å². The molecule has 0 aromatic carbocycles. The molecule has 0 aromatic rings. The molecular weight excluding hydrogens is 366 g/mol. The molecule has 1 amide bonds. The maximum Gasteiger partial charge on any atom is 0.413 e. The zero-order valence-electron chi connectivity index (χ0n) is 16.9. The molecule has 0 fully saturated rings. The molecule has 0 aromatic heterocycles. The van der Waals surface area contributed by atoms with Gasteiger partial charge in [0.1, 0.15) is 11.5 Å². The van der Waals surface area contributed by atoms with Gasteiger partial charge in [-0.1, -0.05) is 6.08 Å². The lowest BCUT2D eigenvalue weighted by molar-refractivity contribution is -0.433. The molecule has 0 bridgehead atoms. The highest BCUT2D eigenvalue weighted by Crippen LogP contribution is 2.38. The van der Waals surface area contributed by atoms with Crippen LogP contribution in [0, 0.1) is 16.0 Å². The molecule has 2 rings (SSSR count). The van der Waals surface area contributed by atoms with Crippen molar-refractivity contribution >= 4 is 12.1 Å². The molecule has 0 radical (unpaired) electrons. The van der Waals surface area contributed by atoms with Gasteiger partial charge in [-0.05, 0) is 46.3 Å². The number of hydrogen-bond acceptors (Lipinski definition) is 7. The summed E-state index contributed by atoms with van der Waals surface area (Å²) < 4.78 is 10.2. The SMILES string of the molecule is COC(=O)N1C=CC(C2C(C(=O)OC(C)(C)C)=C(C)NC(C)=C2[N+](=O)[O-])=CC1. The van der Waals surface area contributed by atoms with Crippen LogP contribution in [0.2, 0.25) is 0 Å². The molecule has 152 valence electrons. The Morgan fingerprint density at radius 1 is 1.29 bits per heavy atom. The first-order valence-electron chi connectivity index (χ1n) is 8.75. The fraction of sp³-hybridized carbons (Fsp3) is 0.474. The molecule has 9 nitrogen and oxygen atoms in total. The van der Waals surface area contributed by atoms with Gasteiger partial charge < -0.3 is 14.8 Å². The molecule has 9 heteroatoms. The monoisotopic (exact) mass is 391 g/mol. The minimum atomic E-state index is -0.915. The van der Waals surface area contributed by atoms with Crippen molar-refractivity contribution in [3.8, 4) is 0 Å². The number of nitrogens with zero attached hydrogens (tertiary/aromatic N) is 2. The van der Waals surface area contributed by atoms with Crippen LogP contribution in [0.1, 0.15) is 34.6 Å². The number of carbonyl (C=O) groups excluding carboxylic acids is 2. The molecule has 2 aliphatic heterocycles. The van der Waals surface area contributed by atoms with Crippen LogP contribution in [0.15, 0.2) is 46.6 Å². The Hall–Kier alpha value is -3.10. The second kappa shape index (κ2) is 7.87. The molecule has 0 saturated carbocycles. The van der Waals surface area contributed by atoms with Gasteiger partial charge in [0.2, 0.25) is 0 Å². The van der Waals surface area contributed by atoms with E-state index in [-0.39, 0.29) is 17.8 Å². The van der Waals surface area contributed by atoms with Crippen molar-refractivity contribution in [3.05, 3.63) is 56.7 Å². The molecule has 1 unspecified atom stereocenters. The number of esters is 1. The highest BCUT2D eigenvalue weighted by atomic mass is 16.6. The lowest BCUT2D eigenvalue weighted by Gasteiger charge is -2.30. The zero-order valence-corrected chi connectivity index (χ0v) is 16.9. The number of amides is 1. The Balaban J connectivity index is 2.50. The Morgan fingerprint density at radius 3 is 2.39 bits per heavy atom. The van der Waals surface area contributed by atoms with Crippen molar-refractivity contribution in [1.82, 2.24) is 10.2 Å². The van der Waals surface area contributed by atoms with Crippen LogP contribution >= 0.6 is 0 Å². The second-order valence-electron chi connectivity index (χ2n) is 7.51. The summed E-state index contributed by atoms with van der Waals surface area (Å²) in [6.45, 7) is 8.64. The van der Waals surface area contributed by atoms with Crippen LogP contribution in [0.5, 0.6) is 0 Å². The zero-order chi connectivity index (χ0) is 21.2. The second-order valence-corrected chi connectivity index (χ2v) is 7.51. The van der Waals surface area contributed by atoms with Crippen LogP contribution in [0.25, 0.3) is 0 Å². The number of nitrogens with one attached hydrogen (secondary N) is 1. The molecule has 0 saturated heterocycles. The number of nitro groups is 1. The van der Waals surface area contributed by atoms with Crippen LogP contribution in [-0.4, -0.2) is 41.1 Å². The normalized spacial score (nSPS) is 19.9. The molecule has 0 aliphatic carbocycles. The first-order valence-corrected chi connectivity index (χ1v) is 8.75. The topological polar surface area (TPSA) is 111 Å². The largest absolute Gasteiger partial charge is 0.457 e. The van der Waals surface area contributed by atoms with E-state index >= 15 is 0 Å². The molecule has 2 aliphatic rings. The van der Waals surface area contributed by atoms with Gasteiger partial charge in [-0.25, -0.2) is 9.59 Å². The minimum absolute atomic E-state index is 0.131. The Morgan fingerprint density at radius 2 is 1.93 bits per heavy atom. The predicted molar refractivity (Wildman–Crippen MR) is 101 cm³/mol. The summed E-state index contributed by atoms with van der Waals surface area (Å²) in [5.74, 6) is -1.54. The van der Waals surface area contributed by atoms with E-state index in [2.05, 4.69) is 10.1 Å². The summed E-state index contributed by atoms with van der Waals surface area (Å²) in [5, 5.41) is 14.7. The van der Waals surface area contributed by atoms with Crippen LogP contribution < -0.4 is 5.32 Å². The van der Waals surface area contributed by atoms with Crippen molar-refractivity contribution in [2.45, 2.75) is 40.2 Å². The maximum atomic E-state index is 12.9. The third kappa shape index (κ3) is 4.41. The van der Waals surface area contributed by atoms with Crippen molar-refractivity contribution in [1.29, 1.82) is 0 Å². The minimum Gasteiger partial charge on any atom is -0.457 e. The van der Waals surface area contributed by atoms with Crippen LogP contribution in [0.4, 0.5) is 4.79 Å². The van der Waals surface area contributed by atoms with E-state index in [9.17, 15) is 19.7 Å². The highest BCUT2D eigenvalue weighted by Gasteiger charge is 2.42. The van der Waals surface area contributed by atoms with Gasteiger partial charge in [-0.3, -0.25) is 15.0 Å². The van der Waals surface area contributed by atoms with Crippen molar-refractivity contribution in [2.24, 2.45) is 5.92 Å². The van der Waals surface area contributed by atoms with Crippen molar-refractivity contribution < 1.29 is 24.0 Å². The average molecular weight is 391 g/mol. The van der Waals surface area contributed by atoms with Crippen LogP contribution in [0.3, 0.4) is 0 Å². The predicted octanol–water partition coefficient (Wildman–Crippen LogP) is 2.85. The lowest BCUT2D eigenvalue weighted by Crippen LogP contribution is -2.37. The van der Waals surface area contributed by atoms with Crippen LogP contribution in [-0.2, 0) is 14.3 Å². The number of rotatable bonds is 3. The van der Waals surface area contributed by atoms with E-state index in [0.717, 1.165) is 0 Å². The number of carbonyl (C=O) groups is 2. The molecule has 2 heterocycles. The van der Waals surface area contributed by atoms with Crippen molar-refractivity contribution in [3.63, 3.8) is 0 Å². The lowest BCUT2D eigenvalue weighted by atomic mass is 9.82. The smallest absolute Gasteiger partial charge is 0.413 e. The Labute approximate surface area is 163 Å². The van der Waals surface area contributed by atoms with E-state index in [0.29, 0.717) is 17.0 Å². The molecular formula is C19H25N3O6. The molecule has 28 heavy (non-hydrogen) atoms. The van der Waals surface area contributed by atoms with E-state index < -0.39 is 28.5 Å². The third-order valence-electron chi connectivity index (χ3n) is 4.25. The standard InChI is InChI=1S/C19H25N3O6/c1-11-14(17(23)28-19(3,4)5)15(16(22(25)26)12(2)20-11)13-7-9-21(10-8-13)18(24)27-6/h7-9,15,20H,10H2,1-6H3. The fourth-order valence-corrected chi connectivity index (χ4v) is 3.13. The quantitative estimate of drug-likeness (QED) is 0.447. The number of ether oxygens (including phenoxy) is 2. The van der Waals surface area contributed by atoms with E-state index in [1.807, 2.05) is 0 Å². The van der Waals surface area contributed by atoms with E-state index in [4.69, 9.17) is 4.74 Å². The summed E-state index contributed by atoms with van der Waals surface area (Å²) >= 11 is 0. The first-order chi connectivity index (χ1) is 13.0. The molecule has 0 spiro atoms. The van der Waals surface area contributed by atoms with E-state index in [1.165, 1.54) is 18.2 Å². The maximum absolute atomic E-state index is 12.9. The number of methoxy groups -OCH3 is 1. The molecule has 1 N–H and O–H groups in total. The van der Waals surface area contributed by atoms with E-state index in [1.54, 1.807) is 46.8 Å². The van der Waals surface area contributed by atoms with Gasteiger partial charge in [0, 0.05) is 18.4 Å². The summed E-state index contributed by atoms with van der Waals surface area (Å²) in [6, 6.07) is 0. The highest BCUT2D eigenvalue weighted by molar-refractivity contribution is 5.92. The molecule has 1 atom stereocenters. The van der Waals surface area contributed by atoms with Gasteiger partial charge in [-0.15, -0.1) is 0 Å². The van der Waals surface area contributed by atoms with Gasteiger partial charge in [-0.2, -0.15) is 0 Å². The van der Waals surface area contributed by atoms with Gasteiger partial charge in [0.05, 0.1) is 23.3 Å². The summed E-state index contributed by atoms with van der Waals surface area (Å²) in [5.41, 5.74) is 0.672. The first kappa shape index (κ1) is 21.2. The number of hydrogen-bond donors (Lipinski definition) is 1. The van der Waals surface area contributed by atoms with Gasteiger partial charge in [0.15, 0.2) is 0 Å². The van der Waals surface area contributed by atoms with Crippen molar-refractivity contribution in [2.75, 3.05) is 13.7 Å². The third-order valence-corrected chi connectivity index (χ3v) is 4.25. The summed E-state index contributed by atoms with van der Waals surface area (Å²) in [6.07, 6.45) is 4.18. The number of dihydropyridines is 1. The fourth-order valence-electron chi connectivity index (χ4n) is 3.13. The number of allylic oxidation sites excluding steroid dienone is 4. The Kier molecular flexibility index (Phi) is 5.96.